The molecule has 0 saturated heterocycles. The number of aliphatic carboxylic acids is 1. The molecule has 1 aliphatic carbocycles. The first kappa shape index (κ1) is 13.4. The van der Waals surface area contributed by atoms with Crippen molar-refractivity contribution in [2.24, 2.45) is 17.3 Å². The Bertz CT molecular complexity index is 576. The van der Waals surface area contributed by atoms with Crippen LogP contribution in [0.25, 0.3) is 6.08 Å². The minimum absolute atomic E-state index is 0.184. The molecule has 98 valence electrons. The lowest BCUT2D eigenvalue weighted by atomic mass is 10.0. The fraction of sp³-hybridized carbons (Fsp3) is 0.375. The first-order chi connectivity index (χ1) is 8.87. The van der Waals surface area contributed by atoms with Crippen molar-refractivity contribution >= 4 is 12.0 Å². The Hall–Kier alpha value is -2.08. The van der Waals surface area contributed by atoms with Gasteiger partial charge in [0.15, 0.2) is 0 Å². The van der Waals surface area contributed by atoms with E-state index < -0.39 is 11.9 Å². The maximum absolute atomic E-state index is 11.2. The van der Waals surface area contributed by atoms with E-state index in [9.17, 15) is 10.1 Å². The van der Waals surface area contributed by atoms with E-state index in [0.717, 1.165) is 11.1 Å². The van der Waals surface area contributed by atoms with Gasteiger partial charge < -0.3 is 5.11 Å². The van der Waals surface area contributed by atoms with Crippen LogP contribution in [-0.4, -0.2) is 11.1 Å². The highest BCUT2D eigenvalue weighted by molar-refractivity contribution is 5.78. The Morgan fingerprint density at radius 1 is 1.32 bits per heavy atom. The molecule has 0 heterocycles. The molecule has 3 nitrogen and oxygen atoms in total. The monoisotopic (exact) mass is 255 g/mol. The molecular formula is C16H17NO2. The molecule has 0 spiro atoms. The Balaban J connectivity index is 2.30. The van der Waals surface area contributed by atoms with Crippen molar-refractivity contribution < 1.29 is 9.90 Å². The van der Waals surface area contributed by atoms with Gasteiger partial charge in [0.25, 0.3) is 0 Å². The zero-order valence-corrected chi connectivity index (χ0v) is 11.3. The number of aryl methyl sites for hydroxylation is 1. The molecule has 19 heavy (non-hydrogen) atoms. The van der Waals surface area contributed by atoms with Gasteiger partial charge in [0.05, 0.1) is 12.0 Å². The van der Waals surface area contributed by atoms with Gasteiger partial charge in [-0.3, -0.25) is 4.79 Å². The van der Waals surface area contributed by atoms with Crippen LogP contribution >= 0.6 is 0 Å². The van der Waals surface area contributed by atoms with Gasteiger partial charge >= 0.3 is 5.97 Å². The number of nitriles is 1. The second-order valence-corrected chi connectivity index (χ2v) is 5.74. The van der Waals surface area contributed by atoms with Crippen molar-refractivity contribution in [1.82, 2.24) is 0 Å². The number of carboxylic acids is 1. The second kappa shape index (κ2) is 4.55. The molecule has 1 N–H and O–H groups in total. The largest absolute Gasteiger partial charge is 0.481 e. The van der Waals surface area contributed by atoms with Crippen molar-refractivity contribution in [3.8, 4) is 6.07 Å². The smallest absolute Gasteiger partial charge is 0.307 e. The third-order valence-corrected chi connectivity index (χ3v) is 3.96. The highest BCUT2D eigenvalue weighted by Gasteiger charge is 2.63. The van der Waals surface area contributed by atoms with E-state index in [4.69, 9.17) is 5.11 Å². The van der Waals surface area contributed by atoms with Gasteiger partial charge in [-0.1, -0.05) is 43.7 Å². The lowest BCUT2D eigenvalue weighted by Crippen LogP contribution is -2.03. The number of nitrogens with zero attached hydrogens (tertiary/aromatic N) is 1. The minimum Gasteiger partial charge on any atom is -0.481 e. The standard InChI is InChI=1S/C16H17NO2/c1-10-4-6-11(7-5-10)8-12(9-17)13-14(15(18)19)16(13,2)3/h4-8,13-14H,1-3H3,(H,18,19)/b12-8-. The lowest BCUT2D eigenvalue weighted by molar-refractivity contribution is -0.139. The number of carboxylic acid groups (broad SMARTS) is 1. The molecule has 2 rings (SSSR count). The third-order valence-electron chi connectivity index (χ3n) is 3.96. The summed E-state index contributed by atoms with van der Waals surface area (Å²) in [6, 6.07) is 10.0. The van der Waals surface area contributed by atoms with Crippen LogP contribution in [0.5, 0.6) is 0 Å². The topological polar surface area (TPSA) is 61.1 Å². The molecule has 0 bridgehead atoms. The summed E-state index contributed by atoms with van der Waals surface area (Å²) in [7, 11) is 0. The van der Waals surface area contributed by atoms with Crippen LogP contribution in [0.1, 0.15) is 25.0 Å². The summed E-state index contributed by atoms with van der Waals surface area (Å²) in [5.41, 5.74) is 2.32. The van der Waals surface area contributed by atoms with Crippen molar-refractivity contribution in [3.05, 3.63) is 41.0 Å². The van der Waals surface area contributed by atoms with E-state index in [-0.39, 0.29) is 11.3 Å². The van der Waals surface area contributed by atoms with Crippen molar-refractivity contribution in [3.63, 3.8) is 0 Å². The van der Waals surface area contributed by atoms with Crippen molar-refractivity contribution in [1.29, 1.82) is 5.26 Å². The van der Waals surface area contributed by atoms with Gasteiger partial charge in [0, 0.05) is 11.5 Å². The highest BCUT2D eigenvalue weighted by Crippen LogP contribution is 2.61. The molecule has 1 aliphatic rings. The van der Waals surface area contributed by atoms with Crippen LogP contribution in [0.2, 0.25) is 0 Å². The van der Waals surface area contributed by atoms with E-state index in [0.29, 0.717) is 5.57 Å². The number of hydrogen-bond donors (Lipinski definition) is 1. The summed E-state index contributed by atoms with van der Waals surface area (Å²) in [6.07, 6.45) is 1.80. The number of carbonyl (C=O) groups is 1. The molecule has 0 radical (unpaired) electrons. The van der Waals surface area contributed by atoms with Gasteiger partial charge in [-0.25, -0.2) is 0 Å². The van der Waals surface area contributed by atoms with Crippen LogP contribution in [0.15, 0.2) is 29.8 Å². The van der Waals surface area contributed by atoms with Crippen LogP contribution in [0.4, 0.5) is 0 Å². The lowest BCUT2D eigenvalue weighted by Gasteiger charge is -2.01. The van der Waals surface area contributed by atoms with E-state index >= 15 is 0 Å². The fourth-order valence-corrected chi connectivity index (χ4v) is 2.71. The van der Waals surface area contributed by atoms with E-state index in [1.807, 2.05) is 45.0 Å². The average molecular weight is 255 g/mol. The predicted molar refractivity (Wildman–Crippen MR) is 73.2 cm³/mol. The van der Waals surface area contributed by atoms with Gasteiger partial charge in [0.1, 0.15) is 0 Å². The zero-order chi connectivity index (χ0) is 14.2. The number of benzene rings is 1. The molecule has 0 amide bonds. The molecule has 0 aromatic heterocycles. The van der Waals surface area contributed by atoms with Crippen LogP contribution < -0.4 is 0 Å². The summed E-state index contributed by atoms with van der Waals surface area (Å²) >= 11 is 0. The average Bonchev–Trinajstić information content (AvgIpc) is 2.92. The third kappa shape index (κ3) is 2.39. The molecule has 2 unspecified atom stereocenters. The quantitative estimate of drug-likeness (QED) is 0.843. The van der Waals surface area contributed by atoms with E-state index in [1.54, 1.807) is 6.08 Å². The first-order valence-electron chi connectivity index (χ1n) is 6.29. The van der Waals surface area contributed by atoms with Crippen LogP contribution in [-0.2, 0) is 4.79 Å². The summed E-state index contributed by atoms with van der Waals surface area (Å²) in [6.45, 7) is 5.80. The summed E-state index contributed by atoms with van der Waals surface area (Å²) in [4.78, 5) is 11.2. The number of rotatable bonds is 3. The summed E-state index contributed by atoms with van der Waals surface area (Å²) in [5.74, 6) is -1.46. The molecule has 1 aromatic carbocycles. The normalized spacial score (nSPS) is 24.6. The molecule has 1 fully saturated rings. The van der Waals surface area contributed by atoms with Gasteiger partial charge in [-0.15, -0.1) is 0 Å². The SMILES string of the molecule is Cc1ccc(/C=C(/C#N)C2C(C(=O)O)C2(C)C)cc1. The molecular weight excluding hydrogens is 238 g/mol. The fourth-order valence-electron chi connectivity index (χ4n) is 2.71. The van der Waals surface area contributed by atoms with Gasteiger partial charge in [0.2, 0.25) is 0 Å². The summed E-state index contributed by atoms with van der Waals surface area (Å²) in [5, 5.41) is 18.4. The van der Waals surface area contributed by atoms with Crippen molar-refractivity contribution in [2.45, 2.75) is 20.8 Å². The Labute approximate surface area is 113 Å². The maximum atomic E-state index is 11.2. The van der Waals surface area contributed by atoms with Gasteiger partial charge in [-0.05, 0) is 24.0 Å². The predicted octanol–water partition coefficient (Wildman–Crippen LogP) is 3.26. The van der Waals surface area contributed by atoms with Gasteiger partial charge in [-0.2, -0.15) is 5.26 Å². The minimum atomic E-state index is -0.819. The molecule has 2 atom stereocenters. The highest BCUT2D eigenvalue weighted by atomic mass is 16.4. The van der Waals surface area contributed by atoms with E-state index in [2.05, 4.69) is 6.07 Å². The van der Waals surface area contributed by atoms with E-state index in [1.165, 1.54) is 0 Å². The Morgan fingerprint density at radius 3 is 2.32 bits per heavy atom. The molecule has 1 aromatic rings. The van der Waals surface area contributed by atoms with Crippen LogP contribution in [0, 0.1) is 35.5 Å². The first-order valence-corrected chi connectivity index (χ1v) is 6.29. The molecule has 0 aliphatic heterocycles. The molecule has 3 heteroatoms. The number of hydrogen-bond acceptors (Lipinski definition) is 2. The Morgan fingerprint density at radius 2 is 1.89 bits per heavy atom. The van der Waals surface area contributed by atoms with Crippen molar-refractivity contribution in [2.75, 3.05) is 0 Å². The summed E-state index contributed by atoms with van der Waals surface area (Å²) < 4.78 is 0. The molecule has 1 saturated carbocycles. The van der Waals surface area contributed by atoms with Crippen LogP contribution in [0.3, 0.4) is 0 Å². The Kier molecular flexibility index (Phi) is 3.20. The second-order valence-electron chi connectivity index (χ2n) is 5.74. The zero-order valence-electron chi connectivity index (χ0n) is 11.3. The maximum Gasteiger partial charge on any atom is 0.307 e. The number of allylic oxidation sites excluding steroid dienone is 1.